The summed E-state index contributed by atoms with van der Waals surface area (Å²) in [5.41, 5.74) is 6.43. The zero-order valence-electron chi connectivity index (χ0n) is 12.1. The number of hydrogen-bond donors (Lipinski definition) is 1. The van der Waals surface area contributed by atoms with E-state index in [2.05, 4.69) is 15.0 Å². The lowest BCUT2D eigenvalue weighted by atomic mass is 10.1. The van der Waals surface area contributed by atoms with Crippen molar-refractivity contribution >= 4 is 5.95 Å². The Hall–Kier alpha value is -2.08. The molecule has 1 saturated heterocycles. The van der Waals surface area contributed by atoms with Crippen molar-refractivity contribution in [2.24, 2.45) is 0 Å². The number of piperidine rings is 1. The summed E-state index contributed by atoms with van der Waals surface area (Å²) < 4.78 is 7.44. The molecule has 3 rings (SSSR count). The van der Waals surface area contributed by atoms with Gasteiger partial charge in [0.1, 0.15) is 18.7 Å². The Morgan fingerprint density at radius 3 is 2.52 bits per heavy atom. The Balaban J connectivity index is 1.50. The van der Waals surface area contributed by atoms with E-state index in [0.717, 1.165) is 24.6 Å². The van der Waals surface area contributed by atoms with Crippen LogP contribution < -0.4 is 10.5 Å². The van der Waals surface area contributed by atoms with Crippen molar-refractivity contribution in [2.75, 3.05) is 32.0 Å². The van der Waals surface area contributed by atoms with Gasteiger partial charge in [-0.3, -0.25) is 4.90 Å². The minimum Gasteiger partial charge on any atom is -0.492 e. The van der Waals surface area contributed by atoms with Gasteiger partial charge in [0, 0.05) is 6.54 Å². The zero-order valence-corrected chi connectivity index (χ0v) is 12.1. The highest BCUT2D eigenvalue weighted by atomic mass is 16.5. The Bertz CT molecular complexity index is 560. The van der Waals surface area contributed by atoms with Gasteiger partial charge in [0.15, 0.2) is 0 Å². The maximum atomic E-state index is 5.79. The van der Waals surface area contributed by atoms with Crippen LogP contribution in [0.15, 0.2) is 30.6 Å². The first kappa shape index (κ1) is 13.9. The van der Waals surface area contributed by atoms with Crippen molar-refractivity contribution in [3.8, 4) is 11.4 Å². The fourth-order valence-corrected chi connectivity index (χ4v) is 2.57. The van der Waals surface area contributed by atoms with Crippen LogP contribution in [0.3, 0.4) is 0 Å². The summed E-state index contributed by atoms with van der Waals surface area (Å²) in [5.74, 6) is 1.15. The molecule has 2 heterocycles. The molecule has 0 aliphatic carbocycles. The Kier molecular flexibility index (Phi) is 4.35. The third-order valence-electron chi connectivity index (χ3n) is 3.74. The molecule has 1 aromatic heterocycles. The number of rotatable bonds is 5. The molecule has 0 bridgehead atoms. The van der Waals surface area contributed by atoms with Gasteiger partial charge in [0.2, 0.25) is 5.95 Å². The molecule has 1 aliphatic heterocycles. The molecule has 0 amide bonds. The lowest BCUT2D eigenvalue weighted by molar-refractivity contribution is 0.183. The van der Waals surface area contributed by atoms with Crippen molar-refractivity contribution in [1.29, 1.82) is 0 Å². The first-order valence-electron chi connectivity index (χ1n) is 7.44. The molecule has 2 N–H and O–H groups in total. The van der Waals surface area contributed by atoms with E-state index in [4.69, 9.17) is 10.5 Å². The standard InChI is InChI=1S/C15H21N5O/c16-15-17-12-20(18-15)13-4-6-14(7-5-13)21-11-10-19-8-2-1-3-9-19/h4-7,12H,1-3,8-11H2,(H2,16,18). The predicted molar refractivity (Wildman–Crippen MR) is 81.6 cm³/mol. The lowest BCUT2D eigenvalue weighted by Crippen LogP contribution is -2.33. The van der Waals surface area contributed by atoms with E-state index in [0.29, 0.717) is 0 Å². The molecule has 112 valence electrons. The van der Waals surface area contributed by atoms with E-state index in [9.17, 15) is 0 Å². The zero-order chi connectivity index (χ0) is 14.5. The summed E-state index contributed by atoms with van der Waals surface area (Å²) in [5, 5.41) is 4.07. The molecule has 0 unspecified atom stereocenters. The summed E-state index contributed by atoms with van der Waals surface area (Å²) >= 11 is 0. The number of nitrogen functional groups attached to an aromatic ring is 1. The lowest BCUT2D eigenvalue weighted by Gasteiger charge is -2.26. The summed E-state index contributed by atoms with van der Waals surface area (Å²) in [4.78, 5) is 6.38. The smallest absolute Gasteiger partial charge is 0.239 e. The maximum Gasteiger partial charge on any atom is 0.239 e. The molecule has 21 heavy (non-hydrogen) atoms. The van der Waals surface area contributed by atoms with Crippen LogP contribution in [0.4, 0.5) is 5.95 Å². The van der Waals surface area contributed by atoms with Crippen LogP contribution in [-0.2, 0) is 0 Å². The third-order valence-corrected chi connectivity index (χ3v) is 3.74. The highest BCUT2D eigenvalue weighted by Crippen LogP contribution is 2.15. The highest BCUT2D eigenvalue weighted by Gasteiger charge is 2.09. The molecule has 6 nitrogen and oxygen atoms in total. The molecule has 0 atom stereocenters. The largest absolute Gasteiger partial charge is 0.492 e. The molecule has 2 aromatic rings. The van der Waals surface area contributed by atoms with Crippen molar-refractivity contribution in [1.82, 2.24) is 19.7 Å². The monoisotopic (exact) mass is 287 g/mol. The number of ether oxygens (including phenoxy) is 1. The SMILES string of the molecule is Nc1ncn(-c2ccc(OCCN3CCCCC3)cc2)n1. The van der Waals surface area contributed by atoms with Gasteiger partial charge < -0.3 is 10.5 Å². The topological polar surface area (TPSA) is 69.2 Å². The van der Waals surface area contributed by atoms with E-state index in [-0.39, 0.29) is 5.95 Å². The Morgan fingerprint density at radius 2 is 1.86 bits per heavy atom. The molecular formula is C15H21N5O. The quantitative estimate of drug-likeness (QED) is 0.906. The van der Waals surface area contributed by atoms with Crippen LogP contribution in [0.1, 0.15) is 19.3 Å². The fraction of sp³-hybridized carbons (Fsp3) is 0.467. The highest BCUT2D eigenvalue weighted by molar-refractivity contribution is 5.37. The summed E-state index contributed by atoms with van der Waals surface area (Å²) in [6.45, 7) is 4.14. The second-order valence-corrected chi connectivity index (χ2v) is 5.29. The van der Waals surface area contributed by atoms with Gasteiger partial charge in [-0.05, 0) is 50.2 Å². The van der Waals surface area contributed by atoms with E-state index in [1.807, 2.05) is 24.3 Å². The first-order valence-corrected chi connectivity index (χ1v) is 7.44. The third kappa shape index (κ3) is 3.72. The average molecular weight is 287 g/mol. The number of benzene rings is 1. The van der Waals surface area contributed by atoms with Gasteiger partial charge in [-0.15, -0.1) is 5.10 Å². The van der Waals surface area contributed by atoms with Crippen LogP contribution in [-0.4, -0.2) is 45.9 Å². The van der Waals surface area contributed by atoms with Gasteiger partial charge >= 0.3 is 0 Å². The molecule has 0 saturated carbocycles. The molecule has 1 fully saturated rings. The van der Waals surface area contributed by atoms with Gasteiger partial charge in [-0.25, -0.2) is 9.67 Å². The summed E-state index contributed by atoms with van der Waals surface area (Å²) in [6.07, 6.45) is 5.60. The molecule has 1 aromatic carbocycles. The molecule has 0 spiro atoms. The van der Waals surface area contributed by atoms with Gasteiger partial charge in [0.25, 0.3) is 0 Å². The number of nitrogens with two attached hydrogens (primary N) is 1. The molecule has 0 radical (unpaired) electrons. The van der Waals surface area contributed by atoms with Crippen LogP contribution in [0.25, 0.3) is 5.69 Å². The van der Waals surface area contributed by atoms with Crippen LogP contribution >= 0.6 is 0 Å². The van der Waals surface area contributed by atoms with Gasteiger partial charge in [0.05, 0.1) is 5.69 Å². The fourth-order valence-electron chi connectivity index (χ4n) is 2.57. The summed E-state index contributed by atoms with van der Waals surface area (Å²) in [7, 11) is 0. The number of hydrogen-bond acceptors (Lipinski definition) is 5. The van der Waals surface area contributed by atoms with Crippen molar-refractivity contribution in [2.45, 2.75) is 19.3 Å². The molecule has 1 aliphatic rings. The van der Waals surface area contributed by atoms with Crippen LogP contribution in [0, 0.1) is 0 Å². The maximum absolute atomic E-state index is 5.79. The number of aromatic nitrogens is 3. The van der Waals surface area contributed by atoms with Crippen molar-refractivity contribution in [3.05, 3.63) is 30.6 Å². The number of likely N-dealkylation sites (tertiary alicyclic amines) is 1. The van der Waals surface area contributed by atoms with Gasteiger partial charge in [-0.1, -0.05) is 6.42 Å². The molecule has 6 heteroatoms. The van der Waals surface area contributed by atoms with Crippen LogP contribution in [0.2, 0.25) is 0 Å². The normalized spacial score (nSPS) is 16.0. The van der Waals surface area contributed by atoms with E-state index < -0.39 is 0 Å². The second kappa shape index (κ2) is 6.58. The Labute approximate surface area is 124 Å². The van der Waals surface area contributed by atoms with E-state index in [1.165, 1.54) is 32.4 Å². The first-order chi connectivity index (χ1) is 10.3. The second-order valence-electron chi connectivity index (χ2n) is 5.29. The summed E-state index contributed by atoms with van der Waals surface area (Å²) in [6, 6.07) is 7.79. The number of nitrogens with zero attached hydrogens (tertiary/aromatic N) is 4. The van der Waals surface area contributed by atoms with E-state index >= 15 is 0 Å². The van der Waals surface area contributed by atoms with Crippen molar-refractivity contribution < 1.29 is 4.74 Å². The average Bonchev–Trinajstić information content (AvgIpc) is 2.96. The van der Waals surface area contributed by atoms with E-state index in [1.54, 1.807) is 11.0 Å². The minimum atomic E-state index is 0.275. The van der Waals surface area contributed by atoms with Gasteiger partial charge in [-0.2, -0.15) is 0 Å². The minimum absolute atomic E-state index is 0.275. The number of anilines is 1. The van der Waals surface area contributed by atoms with Crippen LogP contribution in [0.5, 0.6) is 5.75 Å². The predicted octanol–water partition coefficient (Wildman–Crippen LogP) is 1.71. The van der Waals surface area contributed by atoms with Crippen molar-refractivity contribution in [3.63, 3.8) is 0 Å². The molecular weight excluding hydrogens is 266 g/mol. The Morgan fingerprint density at radius 1 is 1.10 bits per heavy atom.